The average molecular weight is 579 g/mol. The molecule has 0 heterocycles. The third kappa shape index (κ3) is 3.89. The zero-order valence-corrected chi connectivity index (χ0v) is 27.4. The third-order valence-corrected chi connectivity index (χ3v) is 14.3. The van der Waals surface area contributed by atoms with Gasteiger partial charge in [0.15, 0.2) is 0 Å². The van der Waals surface area contributed by atoms with Crippen LogP contribution in [0.3, 0.4) is 0 Å². The minimum atomic E-state index is -3.65. The van der Waals surface area contributed by atoms with Gasteiger partial charge in [-0.05, 0) is 99.5 Å². The molecule has 1 N–H and O–H groups in total. The van der Waals surface area contributed by atoms with Crippen LogP contribution in [0.15, 0.2) is 0 Å². The lowest BCUT2D eigenvalue weighted by atomic mass is 9.41. The number of hydrogen-bond donors (Lipinski definition) is 1. The monoisotopic (exact) mass is 578 g/mol. The molecule has 5 saturated carbocycles. The minimum Gasteiger partial charge on any atom is -0.353 e. The van der Waals surface area contributed by atoms with Crippen LogP contribution < -0.4 is 5.32 Å². The van der Waals surface area contributed by atoms with Gasteiger partial charge < -0.3 is 10.2 Å². The number of fused-ring (bicyclic) bond motifs is 2. The summed E-state index contributed by atoms with van der Waals surface area (Å²) in [5.41, 5.74) is -0.954. The summed E-state index contributed by atoms with van der Waals surface area (Å²) in [5, 5.41) is 3.28. The van der Waals surface area contributed by atoms with Crippen LogP contribution in [0.5, 0.6) is 0 Å². The lowest BCUT2D eigenvalue weighted by molar-refractivity contribution is -0.172. The van der Waals surface area contributed by atoms with E-state index in [4.69, 9.17) is 4.18 Å². The van der Waals surface area contributed by atoms with Gasteiger partial charge in [0.25, 0.3) is 10.1 Å². The molecule has 2 spiro atoms. The Morgan fingerprint density at radius 2 is 1.70 bits per heavy atom. The summed E-state index contributed by atoms with van der Waals surface area (Å²) in [5.74, 6) is 1.81. The Labute approximate surface area is 243 Å². The molecule has 11 atom stereocenters. The second-order valence-corrected chi connectivity index (χ2v) is 17.7. The molecule has 0 aromatic rings. The van der Waals surface area contributed by atoms with Crippen molar-refractivity contribution in [2.24, 2.45) is 56.7 Å². The van der Waals surface area contributed by atoms with E-state index in [0.29, 0.717) is 36.0 Å². The van der Waals surface area contributed by atoms with Crippen molar-refractivity contribution in [1.29, 1.82) is 0 Å². The summed E-state index contributed by atoms with van der Waals surface area (Å²) in [6.07, 6.45) is 7.43. The maximum atomic E-state index is 14.6. The van der Waals surface area contributed by atoms with E-state index in [9.17, 15) is 18.0 Å². The molecule has 0 aromatic heterocycles. The highest BCUT2D eigenvalue weighted by atomic mass is 32.2. The highest BCUT2D eigenvalue weighted by molar-refractivity contribution is 7.85. The normalized spacial score (nSPS) is 48.7. The van der Waals surface area contributed by atoms with Crippen LogP contribution in [0.2, 0.25) is 0 Å². The molecule has 0 aromatic carbocycles. The number of nitrogens with one attached hydrogen (secondary N) is 1. The number of amides is 1. The molecule has 0 bridgehead atoms. The van der Waals surface area contributed by atoms with Gasteiger partial charge in [-0.1, -0.05) is 41.5 Å². The molecular weight excluding hydrogens is 524 g/mol. The van der Waals surface area contributed by atoms with Crippen LogP contribution in [-0.4, -0.2) is 64.0 Å². The van der Waals surface area contributed by atoms with E-state index in [-0.39, 0.29) is 52.1 Å². The second-order valence-electron chi connectivity index (χ2n) is 16.1. The van der Waals surface area contributed by atoms with Crippen molar-refractivity contribution in [3.05, 3.63) is 0 Å². The molecule has 1 amide bonds. The Hall–Kier alpha value is -0.990. The van der Waals surface area contributed by atoms with Crippen molar-refractivity contribution in [2.75, 3.05) is 27.0 Å². The first kappa shape index (κ1) is 30.5. The number of Topliss-reactive ketones (excluding diaryl/α,β-unsaturated/α-hetero) is 1. The van der Waals surface area contributed by atoms with Crippen molar-refractivity contribution in [3.8, 4) is 0 Å². The second kappa shape index (κ2) is 9.25. The number of nitrogens with zero attached hydrogens (tertiary/aromatic N) is 1. The first-order valence-electron chi connectivity index (χ1n) is 15.7. The van der Waals surface area contributed by atoms with Gasteiger partial charge >= 0.3 is 0 Å². The molecule has 7 nitrogen and oxygen atoms in total. The SMILES string of the molecule is CC(C)C(=O)N[C@H]1CCC23C[C@]24C(=O)C[C@]2(C)[C@@H](C(C)N(C)C)[C@H](C)C[C@@]2(C)C4CCC3[C@]1(C)COS(C)(=O)=O. The first-order chi connectivity index (χ1) is 18.3. The predicted molar refractivity (Wildman–Crippen MR) is 157 cm³/mol. The molecule has 40 heavy (non-hydrogen) atoms. The minimum absolute atomic E-state index is 0.0104. The van der Waals surface area contributed by atoms with E-state index in [1.165, 1.54) is 0 Å². The number of carbonyl (C=O) groups is 2. The Bertz CT molecular complexity index is 1190. The number of ketones is 1. The topological polar surface area (TPSA) is 92.8 Å². The molecule has 8 heteroatoms. The van der Waals surface area contributed by atoms with Crippen LogP contribution in [-0.2, 0) is 23.9 Å². The number of rotatable bonds is 7. The van der Waals surface area contributed by atoms with Crippen LogP contribution in [0.25, 0.3) is 0 Å². The molecule has 0 aliphatic heterocycles. The third-order valence-electron chi connectivity index (χ3n) is 13.8. The summed E-state index contributed by atoms with van der Waals surface area (Å²) in [7, 11) is 0.682. The number of hydrogen-bond acceptors (Lipinski definition) is 6. The highest BCUT2D eigenvalue weighted by Crippen LogP contribution is 2.88. The molecule has 5 aliphatic rings. The van der Waals surface area contributed by atoms with Crippen LogP contribution in [0.4, 0.5) is 0 Å². The number of carbonyl (C=O) groups excluding carboxylic acids is 2. The standard InChI is InChI=1S/C32H54N2O5S/c1-19(2)27(36)33-24-13-14-31-17-32(31)23(12-11-22(31)28(24,5)18-39-40(10,37)38)29(6)15-20(3)26(21(4)34(8)9)30(29,7)16-25(32)35/h19-24,26H,11-18H2,1-10H3,(H,33,36)/t20-,21?,22?,23?,24+,26-,28+,29+,30-,31?,32+/m1/s1. The maximum Gasteiger partial charge on any atom is 0.264 e. The van der Waals surface area contributed by atoms with Crippen LogP contribution in [0, 0.1) is 56.7 Å². The van der Waals surface area contributed by atoms with Gasteiger partial charge in [-0.2, -0.15) is 8.42 Å². The van der Waals surface area contributed by atoms with Crippen LogP contribution in [0.1, 0.15) is 93.4 Å². The summed E-state index contributed by atoms with van der Waals surface area (Å²) in [6, 6.07) is 0.231. The molecular formula is C32H54N2O5S. The Balaban J connectivity index is 1.53. The van der Waals surface area contributed by atoms with E-state index < -0.39 is 15.5 Å². The van der Waals surface area contributed by atoms with E-state index >= 15 is 0 Å². The molecule has 0 saturated heterocycles. The predicted octanol–water partition coefficient (Wildman–Crippen LogP) is 4.90. The summed E-state index contributed by atoms with van der Waals surface area (Å²) in [6.45, 7) is 15.6. The van der Waals surface area contributed by atoms with Crippen molar-refractivity contribution in [3.63, 3.8) is 0 Å². The molecule has 5 aliphatic carbocycles. The Kier molecular flexibility index (Phi) is 7.05. The fourth-order valence-corrected chi connectivity index (χ4v) is 12.3. The van der Waals surface area contributed by atoms with E-state index in [1.807, 2.05) is 13.8 Å². The van der Waals surface area contributed by atoms with Crippen molar-refractivity contribution < 1.29 is 22.2 Å². The zero-order chi connectivity index (χ0) is 29.8. The van der Waals surface area contributed by atoms with E-state index in [0.717, 1.165) is 44.8 Å². The molecule has 5 rings (SSSR count). The smallest absolute Gasteiger partial charge is 0.264 e. The van der Waals surface area contributed by atoms with Gasteiger partial charge in [-0.3, -0.25) is 13.8 Å². The van der Waals surface area contributed by atoms with E-state index in [1.54, 1.807) is 0 Å². The van der Waals surface area contributed by atoms with Gasteiger partial charge in [0.05, 0.1) is 12.9 Å². The average Bonchev–Trinajstić information content (AvgIpc) is 3.47. The summed E-state index contributed by atoms with van der Waals surface area (Å²) in [4.78, 5) is 29.8. The van der Waals surface area contributed by atoms with Crippen molar-refractivity contribution in [1.82, 2.24) is 10.2 Å². The van der Waals surface area contributed by atoms with Crippen LogP contribution >= 0.6 is 0 Å². The quantitative estimate of drug-likeness (QED) is 0.432. The largest absolute Gasteiger partial charge is 0.353 e. The summed E-state index contributed by atoms with van der Waals surface area (Å²) < 4.78 is 29.9. The summed E-state index contributed by atoms with van der Waals surface area (Å²) >= 11 is 0. The fourth-order valence-electron chi connectivity index (χ4n) is 11.8. The van der Waals surface area contributed by atoms with Gasteiger partial charge in [-0.15, -0.1) is 0 Å². The lowest BCUT2D eigenvalue weighted by Gasteiger charge is -2.63. The van der Waals surface area contributed by atoms with Gasteiger partial charge in [0, 0.05) is 35.3 Å². The zero-order valence-electron chi connectivity index (χ0n) is 26.6. The van der Waals surface area contributed by atoms with Gasteiger partial charge in [-0.25, -0.2) is 0 Å². The van der Waals surface area contributed by atoms with Gasteiger partial charge in [0.2, 0.25) is 5.91 Å². The molecule has 5 fully saturated rings. The maximum absolute atomic E-state index is 14.6. The highest BCUT2D eigenvalue weighted by Gasteiger charge is 2.86. The van der Waals surface area contributed by atoms with E-state index in [2.05, 4.69) is 58.9 Å². The first-order valence-corrected chi connectivity index (χ1v) is 17.5. The Morgan fingerprint density at radius 3 is 2.27 bits per heavy atom. The lowest BCUT2D eigenvalue weighted by Crippen LogP contribution is -2.64. The van der Waals surface area contributed by atoms with Gasteiger partial charge in [0.1, 0.15) is 5.78 Å². The van der Waals surface area contributed by atoms with Crippen molar-refractivity contribution >= 4 is 21.8 Å². The van der Waals surface area contributed by atoms with Crippen molar-refractivity contribution in [2.45, 2.75) is 105 Å². The molecule has 4 unspecified atom stereocenters. The fraction of sp³-hybridized carbons (Fsp3) is 0.938. The Morgan fingerprint density at radius 1 is 1.07 bits per heavy atom. The molecule has 228 valence electrons. The molecule has 0 radical (unpaired) electrons.